The van der Waals surface area contributed by atoms with Gasteiger partial charge in [-0.3, -0.25) is 4.79 Å². The van der Waals surface area contributed by atoms with Gasteiger partial charge in [-0.1, -0.05) is 6.07 Å². The SMILES string of the molecule is COC(=O)/C=C/c1ccc(OCC(=O)N[C@@H]2CCS(=O)(=O)C2)c(OC)c1. The van der Waals surface area contributed by atoms with Gasteiger partial charge >= 0.3 is 5.97 Å². The highest BCUT2D eigenvalue weighted by molar-refractivity contribution is 7.91. The molecule has 0 bridgehead atoms. The van der Waals surface area contributed by atoms with Crippen molar-refractivity contribution in [3.63, 3.8) is 0 Å². The number of sulfone groups is 1. The van der Waals surface area contributed by atoms with Crippen LogP contribution in [-0.4, -0.2) is 58.7 Å². The minimum atomic E-state index is -3.05. The van der Waals surface area contributed by atoms with Crippen LogP contribution in [0.25, 0.3) is 6.08 Å². The summed E-state index contributed by atoms with van der Waals surface area (Å²) in [5.41, 5.74) is 0.695. The predicted molar refractivity (Wildman–Crippen MR) is 94.7 cm³/mol. The van der Waals surface area contributed by atoms with Crippen LogP contribution in [0.5, 0.6) is 11.5 Å². The Bertz CT molecular complexity index is 801. The Kier molecular flexibility index (Phi) is 6.62. The lowest BCUT2D eigenvalue weighted by atomic mass is 10.2. The maximum atomic E-state index is 11.9. The van der Waals surface area contributed by atoms with E-state index < -0.39 is 21.7 Å². The Morgan fingerprint density at radius 2 is 2.04 bits per heavy atom. The molecule has 2 rings (SSSR count). The molecule has 9 heteroatoms. The second-order valence-electron chi connectivity index (χ2n) is 5.72. The zero-order chi connectivity index (χ0) is 19.2. The van der Waals surface area contributed by atoms with Gasteiger partial charge < -0.3 is 19.5 Å². The van der Waals surface area contributed by atoms with Gasteiger partial charge in [-0.05, 0) is 30.2 Å². The fraction of sp³-hybridized carbons (Fsp3) is 0.412. The van der Waals surface area contributed by atoms with Gasteiger partial charge in [-0.2, -0.15) is 0 Å². The van der Waals surface area contributed by atoms with Gasteiger partial charge in [0.05, 0.1) is 25.7 Å². The van der Waals surface area contributed by atoms with E-state index in [2.05, 4.69) is 10.1 Å². The third-order valence-corrected chi connectivity index (χ3v) is 5.52. The molecule has 1 heterocycles. The number of nitrogens with one attached hydrogen (secondary N) is 1. The zero-order valence-corrected chi connectivity index (χ0v) is 15.4. The smallest absolute Gasteiger partial charge is 0.330 e. The number of methoxy groups -OCH3 is 2. The number of rotatable bonds is 7. The molecule has 1 aliphatic heterocycles. The Morgan fingerprint density at radius 3 is 2.65 bits per heavy atom. The first kappa shape index (κ1) is 19.8. The van der Waals surface area contributed by atoms with Crippen LogP contribution < -0.4 is 14.8 Å². The van der Waals surface area contributed by atoms with E-state index >= 15 is 0 Å². The van der Waals surface area contributed by atoms with Crippen molar-refractivity contribution in [1.29, 1.82) is 0 Å². The first-order chi connectivity index (χ1) is 12.3. The summed E-state index contributed by atoms with van der Waals surface area (Å²) in [6.07, 6.45) is 3.25. The summed E-state index contributed by atoms with van der Waals surface area (Å²) in [5, 5.41) is 2.65. The number of esters is 1. The quantitative estimate of drug-likeness (QED) is 0.541. The first-order valence-electron chi connectivity index (χ1n) is 7.89. The maximum absolute atomic E-state index is 11.9. The van der Waals surface area contributed by atoms with Crippen molar-refractivity contribution in [3.8, 4) is 11.5 Å². The van der Waals surface area contributed by atoms with Crippen LogP contribution in [-0.2, 0) is 24.2 Å². The second kappa shape index (κ2) is 8.70. The molecule has 0 aromatic heterocycles. The van der Waals surface area contributed by atoms with Gasteiger partial charge in [-0.15, -0.1) is 0 Å². The molecule has 26 heavy (non-hydrogen) atoms. The van der Waals surface area contributed by atoms with Crippen molar-refractivity contribution >= 4 is 27.8 Å². The number of amides is 1. The van der Waals surface area contributed by atoms with Crippen LogP contribution in [0.3, 0.4) is 0 Å². The van der Waals surface area contributed by atoms with Crippen molar-refractivity contribution in [3.05, 3.63) is 29.8 Å². The number of hydrogen-bond donors (Lipinski definition) is 1. The van der Waals surface area contributed by atoms with Gasteiger partial charge in [0.1, 0.15) is 0 Å². The molecule has 142 valence electrons. The molecule has 1 N–H and O–H groups in total. The van der Waals surface area contributed by atoms with E-state index in [0.29, 0.717) is 23.5 Å². The highest BCUT2D eigenvalue weighted by atomic mass is 32.2. The second-order valence-corrected chi connectivity index (χ2v) is 7.95. The lowest BCUT2D eigenvalue weighted by molar-refractivity contribution is -0.134. The highest BCUT2D eigenvalue weighted by Gasteiger charge is 2.28. The molecule has 1 aromatic carbocycles. The lowest BCUT2D eigenvalue weighted by Gasteiger charge is -2.13. The molecular weight excluding hydrogens is 362 g/mol. The topological polar surface area (TPSA) is 108 Å². The van der Waals surface area contributed by atoms with E-state index in [0.717, 1.165) is 0 Å². The number of ether oxygens (including phenoxy) is 3. The van der Waals surface area contributed by atoms with Crippen LogP contribution >= 0.6 is 0 Å². The fourth-order valence-electron chi connectivity index (χ4n) is 2.46. The molecule has 0 saturated carbocycles. The van der Waals surface area contributed by atoms with E-state index in [1.165, 1.54) is 20.3 Å². The molecule has 1 atom stereocenters. The normalized spacial score (nSPS) is 18.5. The molecule has 0 radical (unpaired) electrons. The van der Waals surface area contributed by atoms with Crippen molar-refractivity contribution in [1.82, 2.24) is 5.32 Å². The zero-order valence-electron chi connectivity index (χ0n) is 14.6. The predicted octanol–water partition coefficient (Wildman–Crippen LogP) is 0.564. The van der Waals surface area contributed by atoms with Crippen molar-refractivity contribution in [2.75, 3.05) is 32.3 Å². The summed E-state index contributed by atoms with van der Waals surface area (Å²) in [7, 11) is -0.306. The maximum Gasteiger partial charge on any atom is 0.330 e. The van der Waals surface area contributed by atoms with E-state index in [-0.39, 0.29) is 24.2 Å². The van der Waals surface area contributed by atoms with Gasteiger partial charge in [-0.25, -0.2) is 13.2 Å². The van der Waals surface area contributed by atoms with E-state index in [4.69, 9.17) is 9.47 Å². The van der Waals surface area contributed by atoms with Crippen molar-refractivity contribution in [2.45, 2.75) is 12.5 Å². The molecule has 0 unspecified atom stereocenters. The Hall–Kier alpha value is -2.55. The van der Waals surface area contributed by atoms with Gasteiger partial charge in [0.15, 0.2) is 27.9 Å². The molecule has 0 spiro atoms. The molecule has 1 aliphatic rings. The summed E-state index contributed by atoms with van der Waals surface area (Å²) in [6, 6.07) is 4.58. The molecule has 1 aromatic rings. The minimum absolute atomic E-state index is 0.0384. The van der Waals surface area contributed by atoms with Crippen LogP contribution in [0.2, 0.25) is 0 Å². The summed E-state index contributed by atoms with van der Waals surface area (Å²) in [5.74, 6) is -0.0694. The van der Waals surface area contributed by atoms with Gasteiger partial charge in [0.25, 0.3) is 5.91 Å². The van der Waals surface area contributed by atoms with E-state index in [9.17, 15) is 18.0 Å². The Balaban J connectivity index is 1.93. The highest BCUT2D eigenvalue weighted by Crippen LogP contribution is 2.28. The van der Waals surface area contributed by atoms with Crippen LogP contribution in [0, 0.1) is 0 Å². The van der Waals surface area contributed by atoms with Crippen LogP contribution in [0.4, 0.5) is 0 Å². The molecule has 1 amide bonds. The van der Waals surface area contributed by atoms with E-state index in [1.54, 1.807) is 24.3 Å². The first-order valence-corrected chi connectivity index (χ1v) is 9.72. The Morgan fingerprint density at radius 1 is 1.27 bits per heavy atom. The third kappa shape index (κ3) is 5.76. The lowest BCUT2D eigenvalue weighted by Crippen LogP contribution is -2.38. The van der Waals surface area contributed by atoms with Crippen molar-refractivity contribution in [2.24, 2.45) is 0 Å². The molecule has 1 saturated heterocycles. The summed E-state index contributed by atoms with van der Waals surface area (Å²) < 4.78 is 38.0. The average Bonchev–Trinajstić information content (AvgIpc) is 2.96. The minimum Gasteiger partial charge on any atom is -0.493 e. The molecular formula is C17H21NO7S. The van der Waals surface area contributed by atoms with Crippen molar-refractivity contribution < 1.29 is 32.2 Å². The molecule has 1 fully saturated rings. The van der Waals surface area contributed by atoms with Gasteiger partial charge in [0, 0.05) is 12.1 Å². The average molecular weight is 383 g/mol. The monoisotopic (exact) mass is 383 g/mol. The Labute approximate surface area is 152 Å². The number of hydrogen-bond acceptors (Lipinski definition) is 7. The molecule has 8 nitrogen and oxygen atoms in total. The van der Waals surface area contributed by atoms with Crippen LogP contribution in [0.15, 0.2) is 24.3 Å². The molecule has 0 aliphatic carbocycles. The van der Waals surface area contributed by atoms with Gasteiger partial charge in [0.2, 0.25) is 0 Å². The van der Waals surface area contributed by atoms with Crippen LogP contribution in [0.1, 0.15) is 12.0 Å². The number of benzene rings is 1. The summed E-state index contributed by atoms with van der Waals surface area (Å²) in [4.78, 5) is 23.0. The number of carbonyl (C=O) groups excluding carboxylic acids is 2. The number of carbonyl (C=O) groups is 2. The summed E-state index contributed by atoms with van der Waals surface area (Å²) >= 11 is 0. The fourth-order valence-corrected chi connectivity index (χ4v) is 4.13. The van der Waals surface area contributed by atoms with E-state index in [1.807, 2.05) is 0 Å². The standard InChI is InChI=1S/C17H21NO7S/c1-23-15-9-12(4-6-17(20)24-2)3-5-14(15)25-10-16(19)18-13-7-8-26(21,22)11-13/h3-6,9,13H,7-8,10-11H2,1-2H3,(H,18,19)/b6-4+/t13-/m1/s1. The largest absolute Gasteiger partial charge is 0.493 e. The summed E-state index contributed by atoms with van der Waals surface area (Å²) in [6.45, 7) is -0.260. The third-order valence-electron chi connectivity index (χ3n) is 3.76.